The Hall–Kier alpha value is -0.900. The molecule has 0 saturated heterocycles. The summed E-state index contributed by atoms with van der Waals surface area (Å²) in [6.07, 6.45) is 1.99. The molecule has 0 spiro atoms. The first-order chi connectivity index (χ1) is 9.56. The van der Waals surface area contributed by atoms with Crippen LogP contribution in [0.5, 0.6) is 0 Å². The molecule has 3 heteroatoms. The van der Waals surface area contributed by atoms with Crippen molar-refractivity contribution in [1.29, 1.82) is 0 Å². The number of nitrogens with zero attached hydrogens (tertiary/aromatic N) is 1. The lowest BCUT2D eigenvalue weighted by molar-refractivity contribution is 0.108. The summed E-state index contributed by atoms with van der Waals surface area (Å²) < 4.78 is 0. The van der Waals surface area contributed by atoms with Gasteiger partial charge in [-0.2, -0.15) is 0 Å². The number of likely N-dealkylation sites (N-methyl/N-ethyl adjacent to an activating group) is 1. The molecule has 0 aromatic heterocycles. The van der Waals surface area contributed by atoms with Gasteiger partial charge in [0, 0.05) is 31.2 Å². The number of aliphatic hydroxyl groups is 1. The molecule has 114 valence electrons. The van der Waals surface area contributed by atoms with E-state index >= 15 is 0 Å². The van der Waals surface area contributed by atoms with Crippen molar-refractivity contribution < 1.29 is 5.11 Å². The van der Waals surface area contributed by atoms with E-state index in [9.17, 15) is 5.11 Å². The third-order valence-electron chi connectivity index (χ3n) is 4.31. The minimum Gasteiger partial charge on any atom is -0.396 e. The van der Waals surface area contributed by atoms with Crippen LogP contribution in [0.25, 0.3) is 0 Å². The first-order valence-electron chi connectivity index (χ1n) is 7.61. The summed E-state index contributed by atoms with van der Waals surface area (Å²) in [4.78, 5) is 2.20. The quantitative estimate of drug-likeness (QED) is 0.729. The van der Waals surface area contributed by atoms with E-state index in [0.29, 0.717) is 6.04 Å². The molecule has 0 radical (unpaired) electrons. The van der Waals surface area contributed by atoms with Gasteiger partial charge >= 0.3 is 0 Å². The van der Waals surface area contributed by atoms with Crippen LogP contribution in [0.4, 0.5) is 0 Å². The highest BCUT2D eigenvalue weighted by Gasteiger charge is 2.26. The Balaban J connectivity index is 2.76. The Morgan fingerprint density at radius 2 is 1.75 bits per heavy atom. The molecule has 0 fully saturated rings. The van der Waals surface area contributed by atoms with Crippen LogP contribution in [0.15, 0.2) is 30.3 Å². The third-order valence-corrected chi connectivity index (χ3v) is 4.31. The van der Waals surface area contributed by atoms with Crippen LogP contribution in [0.1, 0.15) is 38.3 Å². The van der Waals surface area contributed by atoms with Crippen molar-refractivity contribution in [2.45, 2.75) is 32.7 Å². The Kier molecular flexibility index (Phi) is 7.20. The van der Waals surface area contributed by atoms with Crippen LogP contribution >= 0.6 is 0 Å². The zero-order valence-electron chi connectivity index (χ0n) is 13.4. The maximum Gasteiger partial charge on any atom is 0.0499 e. The minimum atomic E-state index is -0.000652. The molecule has 0 heterocycles. The van der Waals surface area contributed by atoms with Crippen LogP contribution in [0, 0.1) is 5.41 Å². The van der Waals surface area contributed by atoms with Crippen molar-refractivity contribution in [1.82, 2.24) is 10.2 Å². The first-order valence-corrected chi connectivity index (χ1v) is 7.61. The predicted molar refractivity (Wildman–Crippen MR) is 85.8 cm³/mol. The van der Waals surface area contributed by atoms with Gasteiger partial charge in [-0.15, -0.1) is 0 Å². The van der Waals surface area contributed by atoms with E-state index in [2.05, 4.69) is 62.4 Å². The van der Waals surface area contributed by atoms with Crippen molar-refractivity contribution in [2.24, 2.45) is 5.41 Å². The summed E-state index contributed by atoms with van der Waals surface area (Å²) in [5, 5.41) is 13.4. The molecule has 1 aromatic carbocycles. The summed E-state index contributed by atoms with van der Waals surface area (Å²) >= 11 is 0. The molecule has 20 heavy (non-hydrogen) atoms. The second-order valence-electron chi connectivity index (χ2n) is 5.97. The average Bonchev–Trinajstić information content (AvgIpc) is 2.48. The Bertz CT molecular complexity index is 352. The van der Waals surface area contributed by atoms with Crippen molar-refractivity contribution in [2.75, 3.05) is 33.8 Å². The normalized spacial score (nSPS) is 13.7. The van der Waals surface area contributed by atoms with Crippen LogP contribution in [0.2, 0.25) is 0 Å². The Morgan fingerprint density at radius 3 is 2.20 bits per heavy atom. The second-order valence-corrected chi connectivity index (χ2v) is 5.97. The zero-order valence-corrected chi connectivity index (χ0v) is 13.4. The van der Waals surface area contributed by atoms with E-state index in [0.717, 1.165) is 25.9 Å². The summed E-state index contributed by atoms with van der Waals surface area (Å²) in [7, 11) is 4.19. The van der Waals surface area contributed by atoms with Crippen LogP contribution in [-0.4, -0.2) is 43.8 Å². The lowest BCUT2D eigenvalue weighted by atomic mass is 9.83. The van der Waals surface area contributed by atoms with Crippen LogP contribution in [0.3, 0.4) is 0 Å². The lowest BCUT2D eigenvalue weighted by Crippen LogP contribution is -2.41. The average molecular weight is 278 g/mol. The molecule has 1 unspecified atom stereocenters. The van der Waals surface area contributed by atoms with Crippen LogP contribution in [-0.2, 0) is 0 Å². The summed E-state index contributed by atoms with van der Waals surface area (Å²) in [6.45, 7) is 6.37. The summed E-state index contributed by atoms with van der Waals surface area (Å²) in [6, 6.07) is 10.8. The van der Waals surface area contributed by atoms with Gasteiger partial charge < -0.3 is 15.3 Å². The number of benzene rings is 1. The molecule has 0 aliphatic carbocycles. The molecule has 0 saturated carbocycles. The van der Waals surface area contributed by atoms with Crippen LogP contribution < -0.4 is 5.32 Å². The van der Waals surface area contributed by atoms with E-state index in [-0.39, 0.29) is 12.0 Å². The van der Waals surface area contributed by atoms with Gasteiger partial charge in [0.05, 0.1) is 0 Å². The molecule has 1 aromatic rings. The number of hydrogen-bond donors (Lipinski definition) is 2. The van der Waals surface area contributed by atoms with E-state index < -0.39 is 0 Å². The fourth-order valence-electron chi connectivity index (χ4n) is 2.46. The number of aliphatic hydroxyl groups excluding tert-OH is 1. The van der Waals surface area contributed by atoms with E-state index in [1.54, 1.807) is 0 Å². The summed E-state index contributed by atoms with van der Waals surface area (Å²) in [5.74, 6) is 0. The fraction of sp³-hybridized carbons (Fsp3) is 0.647. The maximum absolute atomic E-state index is 9.69. The highest BCUT2D eigenvalue weighted by atomic mass is 16.3. The predicted octanol–water partition coefficient (Wildman–Crippen LogP) is 2.68. The van der Waals surface area contributed by atoms with Gasteiger partial charge in [0.25, 0.3) is 0 Å². The zero-order chi connectivity index (χ0) is 15.0. The maximum atomic E-state index is 9.69. The van der Waals surface area contributed by atoms with Gasteiger partial charge in [-0.3, -0.25) is 0 Å². The minimum absolute atomic E-state index is 0.000652. The lowest BCUT2D eigenvalue weighted by Gasteiger charge is -2.33. The smallest absolute Gasteiger partial charge is 0.0499 e. The second kappa shape index (κ2) is 8.40. The van der Waals surface area contributed by atoms with Gasteiger partial charge in [-0.25, -0.2) is 0 Å². The largest absolute Gasteiger partial charge is 0.396 e. The SMILES string of the molecule is CCC(CC)(CO)CNC(CN(C)C)c1ccccc1. The molecule has 1 rings (SSSR count). The molecular formula is C17H30N2O. The van der Waals surface area contributed by atoms with Gasteiger partial charge in [-0.1, -0.05) is 44.2 Å². The number of rotatable bonds is 9. The van der Waals surface area contributed by atoms with Crippen molar-refractivity contribution in [3.63, 3.8) is 0 Å². The first kappa shape index (κ1) is 17.2. The highest BCUT2D eigenvalue weighted by Crippen LogP contribution is 2.26. The topological polar surface area (TPSA) is 35.5 Å². The van der Waals surface area contributed by atoms with E-state index in [4.69, 9.17) is 0 Å². The number of hydrogen-bond acceptors (Lipinski definition) is 3. The fourth-order valence-corrected chi connectivity index (χ4v) is 2.46. The Labute approximate surface area is 124 Å². The molecule has 0 aliphatic rings. The monoisotopic (exact) mass is 278 g/mol. The van der Waals surface area contributed by atoms with Gasteiger partial charge in [0.15, 0.2) is 0 Å². The molecule has 0 amide bonds. The van der Waals surface area contributed by atoms with Crippen molar-refractivity contribution in [3.8, 4) is 0 Å². The third kappa shape index (κ3) is 4.89. The van der Waals surface area contributed by atoms with E-state index in [1.807, 2.05) is 6.07 Å². The molecular weight excluding hydrogens is 248 g/mol. The highest BCUT2D eigenvalue weighted by molar-refractivity contribution is 5.19. The van der Waals surface area contributed by atoms with Gasteiger partial charge in [-0.05, 0) is 32.5 Å². The molecule has 3 nitrogen and oxygen atoms in total. The molecule has 2 N–H and O–H groups in total. The Morgan fingerprint density at radius 1 is 1.15 bits per heavy atom. The molecule has 0 bridgehead atoms. The number of nitrogens with one attached hydrogen (secondary N) is 1. The molecule has 0 aliphatic heterocycles. The standard InChI is InChI=1S/C17H30N2O/c1-5-17(6-2,14-20)13-18-16(12-19(3)4)15-10-8-7-9-11-15/h7-11,16,18,20H,5-6,12-14H2,1-4H3. The van der Waals surface area contributed by atoms with Crippen molar-refractivity contribution in [3.05, 3.63) is 35.9 Å². The van der Waals surface area contributed by atoms with Gasteiger partial charge in [0.1, 0.15) is 0 Å². The van der Waals surface area contributed by atoms with Crippen molar-refractivity contribution >= 4 is 0 Å². The molecule has 1 atom stereocenters. The van der Waals surface area contributed by atoms with E-state index in [1.165, 1.54) is 5.56 Å². The summed E-state index contributed by atoms with van der Waals surface area (Å²) in [5.41, 5.74) is 1.31. The van der Waals surface area contributed by atoms with Gasteiger partial charge in [0.2, 0.25) is 0 Å².